The Kier molecular flexibility index (Phi) is 2.72. The van der Waals surface area contributed by atoms with Gasteiger partial charge < -0.3 is 5.32 Å². The summed E-state index contributed by atoms with van der Waals surface area (Å²) < 4.78 is 0. The van der Waals surface area contributed by atoms with E-state index in [2.05, 4.69) is 29.6 Å². The average Bonchev–Trinajstić information content (AvgIpc) is 3.18. The molecule has 2 atom stereocenters. The van der Waals surface area contributed by atoms with Gasteiger partial charge in [-0.25, -0.2) is 0 Å². The van der Waals surface area contributed by atoms with E-state index in [1.54, 1.807) is 11.1 Å². The lowest BCUT2D eigenvalue weighted by molar-refractivity contribution is 0.554. The molecule has 3 aliphatic carbocycles. The monoisotopic (exact) mass is 249 g/mol. The molecular formula is C15H20ClN. The summed E-state index contributed by atoms with van der Waals surface area (Å²) in [7, 11) is 0. The molecule has 1 nitrogen and oxygen atoms in total. The molecule has 0 bridgehead atoms. The van der Waals surface area contributed by atoms with Gasteiger partial charge in [-0.3, -0.25) is 0 Å². The molecule has 1 aromatic carbocycles. The largest absolute Gasteiger partial charge is 0.313 e. The minimum absolute atomic E-state index is 0. The van der Waals surface area contributed by atoms with Crippen molar-refractivity contribution in [3.05, 3.63) is 35.4 Å². The van der Waals surface area contributed by atoms with Gasteiger partial charge in [-0.1, -0.05) is 24.3 Å². The van der Waals surface area contributed by atoms with Crippen LogP contribution in [0.1, 0.15) is 36.8 Å². The normalized spacial score (nSPS) is 33.3. The van der Waals surface area contributed by atoms with Crippen LogP contribution in [0.3, 0.4) is 0 Å². The van der Waals surface area contributed by atoms with E-state index in [0.29, 0.717) is 5.41 Å². The fourth-order valence-corrected chi connectivity index (χ4v) is 3.49. The third-order valence-electron chi connectivity index (χ3n) is 4.82. The van der Waals surface area contributed by atoms with Crippen LogP contribution in [0.25, 0.3) is 0 Å². The van der Waals surface area contributed by atoms with Crippen LogP contribution in [0.15, 0.2) is 24.3 Å². The zero-order chi connectivity index (χ0) is 10.6. The Labute approximate surface area is 109 Å². The summed E-state index contributed by atoms with van der Waals surface area (Å²) in [4.78, 5) is 0. The van der Waals surface area contributed by atoms with Crippen molar-refractivity contribution in [2.45, 2.75) is 43.6 Å². The van der Waals surface area contributed by atoms with E-state index >= 15 is 0 Å². The van der Waals surface area contributed by atoms with Crippen molar-refractivity contribution in [3.8, 4) is 0 Å². The Morgan fingerprint density at radius 3 is 2.88 bits per heavy atom. The number of benzene rings is 1. The van der Waals surface area contributed by atoms with E-state index in [1.165, 1.54) is 38.6 Å². The number of rotatable bonds is 3. The molecule has 0 saturated heterocycles. The fraction of sp³-hybridized carbons (Fsp3) is 0.600. The number of hydrogen-bond donors (Lipinski definition) is 1. The molecule has 2 saturated carbocycles. The van der Waals surface area contributed by atoms with Crippen molar-refractivity contribution in [2.24, 2.45) is 5.92 Å². The van der Waals surface area contributed by atoms with E-state index in [-0.39, 0.29) is 12.4 Å². The molecule has 1 aromatic rings. The molecule has 4 rings (SSSR count). The van der Waals surface area contributed by atoms with Crippen LogP contribution in [0.5, 0.6) is 0 Å². The SMILES string of the molecule is Cl.c1ccc2c(c1)CC[C@@]21C[C@H]1NCC1CC1. The number of hydrogen-bond acceptors (Lipinski definition) is 1. The van der Waals surface area contributed by atoms with Crippen LogP contribution in [-0.4, -0.2) is 12.6 Å². The summed E-state index contributed by atoms with van der Waals surface area (Å²) in [5.41, 5.74) is 3.81. The summed E-state index contributed by atoms with van der Waals surface area (Å²) in [6.07, 6.45) is 7.00. The summed E-state index contributed by atoms with van der Waals surface area (Å²) in [6, 6.07) is 9.87. The van der Waals surface area contributed by atoms with Crippen LogP contribution in [-0.2, 0) is 11.8 Å². The molecule has 2 fully saturated rings. The van der Waals surface area contributed by atoms with Gasteiger partial charge in [-0.2, -0.15) is 0 Å². The second-order valence-corrected chi connectivity index (χ2v) is 5.92. The maximum absolute atomic E-state index is 3.79. The smallest absolute Gasteiger partial charge is 0.0174 e. The second-order valence-electron chi connectivity index (χ2n) is 5.92. The first-order valence-electron chi connectivity index (χ1n) is 6.70. The molecule has 1 spiro atoms. The Morgan fingerprint density at radius 2 is 2.06 bits per heavy atom. The predicted octanol–water partition coefficient (Wildman–Crippen LogP) is 3.06. The quantitative estimate of drug-likeness (QED) is 0.868. The van der Waals surface area contributed by atoms with Gasteiger partial charge in [0, 0.05) is 11.5 Å². The highest BCUT2D eigenvalue weighted by Gasteiger charge is 2.57. The van der Waals surface area contributed by atoms with Crippen molar-refractivity contribution >= 4 is 12.4 Å². The molecule has 3 aliphatic rings. The second kappa shape index (κ2) is 4.00. The summed E-state index contributed by atoms with van der Waals surface area (Å²) >= 11 is 0. The third kappa shape index (κ3) is 1.80. The summed E-state index contributed by atoms with van der Waals surface area (Å²) in [5, 5.41) is 3.79. The van der Waals surface area contributed by atoms with Gasteiger partial charge in [0.05, 0.1) is 0 Å². The van der Waals surface area contributed by atoms with Crippen molar-refractivity contribution in [1.82, 2.24) is 5.32 Å². The molecule has 0 radical (unpaired) electrons. The van der Waals surface area contributed by atoms with E-state index in [9.17, 15) is 0 Å². The van der Waals surface area contributed by atoms with Crippen molar-refractivity contribution < 1.29 is 0 Å². The van der Waals surface area contributed by atoms with Crippen molar-refractivity contribution in [2.75, 3.05) is 6.54 Å². The molecule has 2 heteroatoms. The van der Waals surface area contributed by atoms with E-state index < -0.39 is 0 Å². The van der Waals surface area contributed by atoms with Gasteiger partial charge in [0.15, 0.2) is 0 Å². The first kappa shape index (κ1) is 11.6. The molecule has 0 aliphatic heterocycles. The molecule has 0 aromatic heterocycles. The molecule has 0 unspecified atom stereocenters. The summed E-state index contributed by atoms with van der Waals surface area (Å²) in [5.74, 6) is 1.01. The van der Waals surface area contributed by atoms with Gasteiger partial charge >= 0.3 is 0 Å². The van der Waals surface area contributed by atoms with Crippen LogP contribution >= 0.6 is 12.4 Å². The summed E-state index contributed by atoms with van der Waals surface area (Å²) in [6.45, 7) is 1.27. The Hall–Kier alpha value is -0.530. The minimum atomic E-state index is 0. The standard InChI is InChI=1S/C15H19N.ClH/c1-2-4-13-12(3-1)7-8-15(13)9-14(15)16-10-11-5-6-11;/h1-4,11,14,16H,5-10H2;1H/t14-,15-;/m1./s1. The van der Waals surface area contributed by atoms with Gasteiger partial charge in [-0.15, -0.1) is 12.4 Å². The molecule has 1 N–H and O–H groups in total. The minimum Gasteiger partial charge on any atom is -0.313 e. The molecule has 17 heavy (non-hydrogen) atoms. The molecule has 92 valence electrons. The van der Waals surface area contributed by atoms with Crippen molar-refractivity contribution in [1.29, 1.82) is 0 Å². The topological polar surface area (TPSA) is 12.0 Å². The number of fused-ring (bicyclic) bond motifs is 2. The number of halogens is 1. The zero-order valence-electron chi connectivity index (χ0n) is 10.1. The van der Waals surface area contributed by atoms with Crippen LogP contribution in [0, 0.1) is 5.92 Å². The lowest BCUT2D eigenvalue weighted by Gasteiger charge is -2.12. The number of nitrogens with one attached hydrogen (secondary N) is 1. The number of aryl methyl sites for hydroxylation is 1. The van der Waals surface area contributed by atoms with Gasteiger partial charge in [0.2, 0.25) is 0 Å². The average molecular weight is 250 g/mol. The fourth-order valence-electron chi connectivity index (χ4n) is 3.49. The highest BCUT2D eigenvalue weighted by molar-refractivity contribution is 5.85. The maximum atomic E-state index is 3.79. The van der Waals surface area contributed by atoms with E-state index in [0.717, 1.165) is 12.0 Å². The Bertz CT molecular complexity index is 427. The third-order valence-corrected chi connectivity index (χ3v) is 4.82. The zero-order valence-corrected chi connectivity index (χ0v) is 10.9. The first-order chi connectivity index (χ1) is 7.88. The van der Waals surface area contributed by atoms with Gasteiger partial charge in [-0.05, 0) is 55.7 Å². The van der Waals surface area contributed by atoms with Crippen molar-refractivity contribution in [3.63, 3.8) is 0 Å². The highest BCUT2D eigenvalue weighted by Crippen LogP contribution is 2.56. The molecule has 0 amide bonds. The van der Waals surface area contributed by atoms with Gasteiger partial charge in [0.25, 0.3) is 0 Å². The molecule has 0 heterocycles. The lowest BCUT2D eigenvalue weighted by Crippen LogP contribution is -2.26. The molecular weight excluding hydrogens is 230 g/mol. The highest BCUT2D eigenvalue weighted by atomic mass is 35.5. The Balaban J connectivity index is 0.000000902. The van der Waals surface area contributed by atoms with Gasteiger partial charge in [0.1, 0.15) is 0 Å². The van der Waals surface area contributed by atoms with E-state index in [4.69, 9.17) is 0 Å². The van der Waals surface area contributed by atoms with Crippen LogP contribution in [0.2, 0.25) is 0 Å². The van der Waals surface area contributed by atoms with Crippen LogP contribution in [0.4, 0.5) is 0 Å². The first-order valence-corrected chi connectivity index (χ1v) is 6.70. The lowest BCUT2D eigenvalue weighted by atomic mass is 9.97. The predicted molar refractivity (Wildman–Crippen MR) is 72.8 cm³/mol. The van der Waals surface area contributed by atoms with Crippen LogP contribution < -0.4 is 5.32 Å². The maximum Gasteiger partial charge on any atom is 0.0174 e. The van der Waals surface area contributed by atoms with E-state index in [1.807, 2.05) is 0 Å². The Morgan fingerprint density at radius 1 is 1.24 bits per heavy atom.